The molecule has 1 N–H and O–H groups in total. The SMILES string of the molecule is CCOc1ccccc1C(=O)Nc1c(C)nn(Cc2cccc(OC)c2)c1C. The number of aryl methyl sites for hydroxylation is 1. The van der Waals surface area contributed by atoms with E-state index >= 15 is 0 Å². The molecule has 1 amide bonds. The molecule has 28 heavy (non-hydrogen) atoms. The maximum absolute atomic E-state index is 12.8. The van der Waals surface area contributed by atoms with Gasteiger partial charge in [-0.05, 0) is 50.6 Å². The Kier molecular flexibility index (Phi) is 5.99. The van der Waals surface area contributed by atoms with E-state index in [4.69, 9.17) is 9.47 Å². The molecule has 0 radical (unpaired) electrons. The van der Waals surface area contributed by atoms with E-state index in [2.05, 4.69) is 10.4 Å². The number of nitrogens with zero attached hydrogens (tertiary/aromatic N) is 2. The number of ether oxygens (including phenoxy) is 2. The molecule has 0 atom stereocenters. The second kappa shape index (κ2) is 8.61. The third-order valence-corrected chi connectivity index (χ3v) is 4.52. The zero-order valence-corrected chi connectivity index (χ0v) is 16.7. The van der Waals surface area contributed by atoms with Crippen molar-refractivity contribution < 1.29 is 14.3 Å². The summed E-state index contributed by atoms with van der Waals surface area (Å²) in [5.41, 5.74) is 3.96. The molecule has 0 saturated heterocycles. The minimum atomic E-state index is -0.212. The number of carbonyl (C=O) groups excluding carboxylic acids is 1. The molecule has 0 aliphatic carbocycles. The summed E-state index contributed by atoms with van der Waals surface area (Å²) in [6, 6.07) is 15.1. The van der Waals surface area contributed by atoms with Crippen molar-refractivity contribution in [3.05, 3.63) is 71.0 Å². The number of aromatic nitrogens is 2. The summed E-state index contributed by atoms with van der Waals surface area (Å²) >= 11 is 0. The number of carbonyl (C=O) groups is 1. The molecule has 0 bridgehead atoms. The maximum atomic E-state index is 12.8. The summed E-state index contributed by atoms with van der Waals surface area (Å²) in [7, 11) is 1.65. The van der Waals surface area contributed by atoms with Gasteiger partial charge in [0, 0.05) is 0 Å². The molecule has 0 aliphatic rings. The number of para-hydroxylation sites is 1. The first kappa shape index (κ1) is 19.5. The Morgan fingerprint density at radius 2 is 1.93 bits per heavy atom. The minimum absolute atomic E-state index is 0.212. The number of benzene rings is 2. The Labute approximate surface area is 165 Å². The van der Waals surface area contributed by atoms with Gasteiger partial charge >= 0.3 is 0 Å². The first-order valence-corrected chi connectivity index (χ1v) is 9.23. The smallest absolute Gasteiger partial charge is 0.259 e. The highest BCUT2D eigenvalue weighted by Crippen LogP contribution is 2.24. The average Bonchev–Trinajstić information content (AvgIpc) is 2.96. The fraction of sp³-hybridized carbons (Fsp3) is 0.273. The quantitative estimate of drug-likeness (QED) is 0.668. The average molecular weight is 379 g/mol. The number of rotatable bonds is 7. The molecular weight excluding hydrogens is 354 g/mol. The Bertz CT molecular complexity index is 979. The molecule has 3 rings (SSSR count). The van der Waals surface area contributed by atoms with Crippen molar-refractivity contribution in [3.63, 3.8) is 0 Å². The Balaban J connectivity index is 1.83. The van der Waals surface area contributed by atoms with Gasteiger partial charge in [0.15, 0.2) is 0 Å². The van der Waals surface area contributed by atoms with Crippen LogP contribution in [0.3, 0.4) is 0 Å². The van der Waals surface area contributed by atoms with Crippen molar-refractivity contribution in [2.24, 2.45) is 0 Å². The Morgan fingerprint density at radius 1 is 1.14 bits per heavy atom. The van der Waals surface area contributed by atoms with Gasteiger partial charge in [-0.2, -0.15) is 5.10 Å². The third-order valence-electron chi connectivity index (χ3n) is 4.52. The highest BCUT2D eigenvalue weighted by molar-refractivity contribution is 6.06. The van der Waals surface area contributed by atoms with Crippen molar-refractivity contribution >= 4 is 11.6 Å². The number of hydrogen-bond acceptors (Lipinski definition) is 4. The van der Waals surface area contributed by atoms with E-state index in [1.54, 1.807) is 19.2 Å². The van der Waals surface area contributed by atoms with Gasteiger partial charge in [0.25, 0.3) is 5.91 Å². The van der Waals surface area contributed by atoms with Crippen LogP contribution in [-0.2, 0) is 6.54 Å². The summed E-state index contributed by atoms with van der Waals surface area (Å²) in [4.78, 5) is 12.8. The topological polar surface area (TPSA) is 65.4 Å². The van der Waals surface area contributed by atoms with Crippen molar-refractivity contribution in [1.29, 1.82) is 0 Å². The summed E-state index contributed by atoms with van der Waals surface area (Å²) in [5, 5.41) is 7.59. The Hall–Kier alpha value is -3.28. The van der Waals surface area contributed by atoms with Crippen LogP contribution < -0.4 is 14.8 Å². The van der Waals surface area contributed by atoms with Crippen LogP contribution >= 0.6 is 0 Å². The molecule has 1 aromatic heterocycles. The van der Waals surface area contributed by atoms with E-state index in [9.17, 15) is 4.79 Å². The first-order chi connectivity index (χ1) is 13.5. The highest BCUT2D eigenvalue weighted by Gasteiger charge is 2.18. The van der Waals surface area contributed by atoms with Crippen LogP contribution in [0.4, 0.5) is 5.69 Å². The number of hydrogen-bond donors (Lipinski definition) is 1. The predicted molar refractivity (Wildman–Crippen MR) is 109 cm³/mol. The van der Waals surface area contributed by atoms with Crippen molar-refractivity contribution in [3.8, 4) is 11.5 Å². The maximum Gasteiger partial charge on any atom is 0.259 e. The van der Waals surface area contributed by atoms with Crippen LogP contribution in [0.5, 0.6) is 11.5 Å². The normalized spacial score (nSPS) is 10.6. The zero-order valence-electron chi connectivity index (χ0n) is 16.7. The van der Waals surface area contributed by atoms with Gasteiger partial charge in [0.1, 0.15) is 11.5 Å². The molecule has 6 nitrogen and oxygen atoms in total. The molecule has 146 valence electrons. The van der Waals surface area contributed by atoms with Gasteiger partial charge in [0.05, 0.1) is 42.9 Å². The summed E-state index contributed by atoms with van der Waals surface area (Å²) in [6.45, 7) is 6.82. The summed E-state index contributed by atoms with van der Waals surface area (Å²) < 4.78 is 12.7. The van der Waals surface area contributed by atoms with Crippen molar-refractivity contribution in [2.45, 2.75) is 27.3 Å². The second-order valence-corrected chi connectivity index (χ2v) is 6.44. The lowest BCUT2D eigenvalue weighted by Crippen LogP contribution is -2.15. The highest BCUT2D eigenvalue weighted by atomic mass is 16.5. The molecule has 0 aliphatic heterocycles. The molecule has 0 saturated carbocycles. The molecule has 0 unspecified atom stereocenters. The number of amides is 1. The van der Waals surface area contributed by atoms with Gasteiger partial charge in [-0.3, -0.25) is 9.48 Å². The lowest BCUT2D eigenvalue weighted by Gasteiger charge is -2.11. The zero-order chi connectivity index (χ0) is 20.1. The number of anilines is 1. The van der Waals surface area contributed by atoms with Crippen LogP contribution in [0.15, 0.2) is 48.5 Å². The van der Waals surface area contributed by atoms with Gasteiger partial charge in [-0.25, -0.2) is 0 Å². The van der Waals surface area contributed by atoms with Gasteiger partial charge in [0.2, 0.25) is 0 Å². The standard InChI is InChI=1S/C22H25N3O3/c1-5-28-20-12-7-6-11-19(20)22(26)23-21-15(2)24-25(16(21)3)14-17-9-8-10-18(13-17)27-4/h6-13H,5,14H2,1-4H3,(H,23,26). The lowest BCUT2D eigenvalue weighted by molar-refractivity contribution is 0.102. The van der Waals surface area contributed by atoms with Crippen LogP contribution in [0.1, 0.15) is 34.2 Å². The van der Waals surface area contributed by atoms with Crippen LogP contribution in [0.25, 0.3) is 0 Å². The molecule has 0 fully saturated rings. The van der Waals surface area contributed by atoms with Crippen LogP contribution in [0.2, 0.25) is 0 Å². The second-order valence-electron chi connectivity index (χ2n) is 6.44. The monoisotopic (exact) mass is 379 g/mol. The molecule has 1 heterocycles. The van der Waals surface area contributed by atoms with Crippen molar-refractivity contribution in [2.75, 3.05) is 19.0 Å². The summed E-state index contributed by atoms with van der Waals surface area (Å²) in [5.74, 6) is 1.16. The van der Waals surface area contributed by atoms with Gasteiger partial charge in [-0.15, -0.1) is 0 Å². The van der Waals surface area contributed by atoms with E-state index in [1.807, 2.05) is 61.9 Å². The third kappa shape index (κ3) is 4.17. The molecule has 0 spiro atoms. The Morgan fingerprint density at radius 3 is 2.68 bits per heavy atom. The van der Waals surface area contributed by atoms with E-state index in [-0.39, 0.29) is 5.91 Å². The fourth-order valence-corrected chi connectivity index (χ4v) is 3.09. The van der Waals surface area contributed by atoms with Crippen LogP contribution in [0, 0.1) is 13.8 Å². The number of methoxy groups -OCH3 is 1. The van der Waals surface area contributed by atoms with Gasteiger partial charge < -0.3 is 14.8 Å². The molecule has 6 heteroatoms. The fourth-order valence-electron chi connectivity index (χ4n) is 3.09. The van der Waals surface area contributed by atoms with E-state index < -0.39 is 0 Å². The van der Waals surface area contributed by atoms with E-state index in [0.29, 0.717) is 24.5 Å². The summed E-state index contributed by atoms with van der Waals surface area (Å²) in [6.07, 6.45) is 0. The first-order valence-electron chi connectivity index (χ1n) is 9.23. The largest absolute Gasteiger partial charge is 0.497 e. The molecule has 2 aromatic carbocycles. The van der Waals surface area contributed by atoms with E-state index in [1.165, 1.54) is 0 Å². The minimum Gasteiger partial charge on any atom is -0.497 e. The molecular formula is C22H25N3O3. The van der Waals surface area contributed by atoms with Crippen LogP contribution in [-0.4, -0.2) is 29.4 Å². The lowest BCUT2D eigenvalue weighted by atomic mass is 10.1. The molecule has 3 aromatic rings. The van der Waals surface area contributed by atoms with E-state index in [0.717, 1.165) is 28.4 Å². The van der Waals surface area contributed by atoms with Gasteiger partial charge in [-0.1, -0.05) is 24.3 Å². The predicted octanol–water partition coefficient (Wildman–Crippen LogP) is 4.21. The van der Waals surface area contributed by atoms with Crippen molar-refractivity contribution in [1.82, 2.24) is 9.78 Å². The number of nitrogens with one attached hydrogen (secondary N) is 1.